The van der Waals surface area contributed by atoms with Gasteiger partial charge < -0.3 is 10.1 Å². The first-order chi connectivity index (χ1) is 10.7. The van der Waals surface area contributed by atoms with Crippen LogP contribution in [0.25, 0.3) is 0 Å². The van der Waals surface area contributed by atoms with E-state index in [2.05, 4.69) is 17.2 Å². The third-order valence-corrected chi connectivity index (χ3v) is 2.79. The molecule has 0 saturated heterocycles. The van der Waals surface area contributed by atoms with E-state index in [4.69, 9.17) is 4.74 Å². The van der Waals surface area contributed by atoms with Gasteiger partial charge in [-0.25, -0.2) is 9.18 Å². The maximum absolute atomic E-state index is 12.9. The van der Waals surface area contributed by atoms with Crippen molar-refractivity contribution in [1.29, 1.82) is 0 Å². The molecule has 2 aromatic rings. The molecular weight excluding hydrogens is 281 g/mol. The number of halogens is 1. The molecule has 0 aromatic heterocycles. The van der Waals surface area contributed by atoms with Crippen molar-refractivity contribution in [3.8, 4) is 11.8 Å². The Bertz CT molecular complexity index is 674. The second kappa shape index (κ2) is 8.48. The van der Waals surface area contributed by atoms with Crippen molar-refractivity contribution in [2.75, 3.05) is 6.54 Å². The number of benzene rings is 2. The van der Waals surface area contributed by atoms with Crippen molar-refractivity contribution in [2.45, 2.75) is 13.0 Å². The van der Waals surface area contributed by atoms with Gasteiger partial charge in [0.05, 0.1) is 0 Å². The van der Waals surface area contributed by atoms with Crippen molar-refractivity contribution in [3.05, 3.63) is 71.5 Å². The molecule has 1 amide bonds. The Labute approximate surface area is 129 Å². The van der Waals surface area contributed by atoms with Crippen LogP contribution in [0.4, 0.5) is 9.18 Å². The number of carbonyl (C=O) groups is 1. The minimum atomic E-state index is -0.476. The number of rotatable bonds is 4. The predicted molar refractivity (Wildman–Crippen MR) is 82.5 cm³/mol. The maximum atomic E-state index is 12.9. The van der Waals surface area contributed by atoms with E-state index in [1.165, 1.54) is 12.1 Å². The summed E-state index contributed by atoms with van der Waals surface area (Å²) in [7, 11) is 0. The molecule has 0 saturated carbocycles. The first-order valence-corrected chi connectivity index (χ1v) is 6.93. The summed E-state index contributed by atoms with van der Waals surface area (Å²) in [5.41, 5.74) is 1.55. The number of nitrogens with one attached hydrogen (secondary N) is 1. The van der Waals surface area contributed by atoms with E-state index in [1.54, 1.807) is 12.1 Å². The van der Waals surface area contributed by atoms with Crippen LogP contribution in [0.2, 0.25) is 0 Å². The zero-order valence-electron chi connectivity index (χ0n) is 12.0. The lowest BCUT2D eigenvalue weighted by molar-refractivity contribution is 0.140. The smallest absolute Gasteiger partial charge is 0.407 e. The summed E-state index contributed by atoms with van der Waals surface area (Å²) in [5.74, 6) is 5.40. The van der Waals surface area contributed by atoms with Gasteiger partial charge in [-0.1, -0.05) is 48.2 Å². The summed E-state index contributed by atoms with van der Waals surface area (Å²) < 4.78 is 18.0. The lowest BCUT2D eigenvalue weighted by Crippen LogP contribution is -2.24. The van der Waals surface area contributed by atoms with Crippen LogP contribution in [0.15, 0.2) is 54.6 Å². The summed E-state index contributed by atoms with van der Waals surface area (Å²) >= 11 is 0. The van der Waals surface area contributed by atoms with Gasteiger partial charge in [-0.15, -0.1) is 0 Å². The third-order valence-electron chi connectivity index (χ3n) is 2.79. The number of amides is 1. The molecule has 0 heterocycles. The second-order valence-electron chi connectivity index (χ2n) is 4.55. The summed E-state index contributed by atoms with van der Waals surface area (Å²) in [6.45, 7) is 0.623. The fraction of sp³-hybridized carbons (Fsp3) is 0.167. The van der Waals surface area contributed by atoms with Crippen LogP contribution in [0.3, 0.4) is 0 Å². The molecule has 3 nitrogen and oxygen atoms in total. The van der Waals surface area contributed by atoms with E-state index >= 15 is 0 Å². The van der Waals surface area contributed by atoms with E-state index in [0.29, 0.717) is 18.5 Å². The van der Waals surface area contributed by atoms with Gasteiger partial charge >= 0.3 is 6.09 Å². The largest absolute Gasteiger partial charge is 0.445 e. The Morgan fingerprint density at radius 2 is 1.95 bits per heavy atom. The molecule has 0 atom stereocenters. The van der Waals surface area contributed by atoms with Gasteiger partial charge in [0.1, 0.15) is 12.4 Å². The molecule has 0 bridgehead atoms. The SMILES string of the molecule is O=C(NCCC#Cc1cccc(F)c1)OCc1ccccc1. The van der Waals surface area contributed by atoms with Crippen molar-refractivity contribution < 1.29 is 13.9 Å². The van der Waals surface area contributed by atoms with Crippen molar-refractivity contribution in [2.24, 2.45) is 0 Å². The van der Waals surface area contributed by atoms with Gasteiger partial charge in [-0.3, -0.25) is 0 Å². The van der Waals surface area contributed by atoms with Crippen LogP contribution >= 0.6 is 0 Å². The van der Waals surface area contributed by atoms with Gasteiger partial charge in [0.2, 0.25) is 0 Å². The number of alkyl carbamates (subject to hydrolysis) is 1. The van der Waals surface area contributed by atoms with Gasteiger partial charge in [0.15, 0.2) is 0 Å². The zero-order chi connectivity index (χ0) is 15.6. The maximum Gasteiger partial charge on any atom is 0.407 e. The number of carbonyl (C=O) groups excluding carboxylic acids is 1. The molecule has 2 rings (SSSR count). The normalized spacial score (nSPS) is 9.50. The monoisotopic (exact) mass is 297 g/mol. The quantitative estimate of drug-likeness (QED) is 0.693. The Balaban J connectivity index is 1.65. The average molecular weight is 297 g/mol. The molecule has 0 radical (unpaired) electrons. The second-order valence-corrected chi connectivity index (χ2v) is 4.55. The summed E-state index contributed by atoms with van der Waals surface area (Å²) in [6, 6.07) is 15.5. The topological polar surface area (TPSA) is 38.3 Å². The van der Waals surface area contributed by atoms with E-state index in [0.717, 1.165) is 5.56 Å². The highest BCUT2D eigenvalue weighted by Crippen LogP contribution is 2.01. The summed E-state index contributed by atoms with van der Waals surface area (Å²) in [6.07, 6.45) is -0.00635. The highest BCUT2D eigenvalue weighted by atomic mass is 19.1. The van der Waals surface area contributed by atoms with E-state index in [9.17, 15) is 9.18 Å². The average Bonchev–Trinajstić information content (AvgIpc) is 2.54. The lowest BCUT2D eigenvalue weighted by Gasteiger charge is -2.05. The van der Waals surface area contributed by atoms with E-state index < -0.39 is 6.09 Å². The molecule has 0 aliphatic rings. The molecule has 4 heteroatoms. The Morgan fingerprint density at radius 1 is 1.14 bits per heavy atom. The number of hydrogen-bond acceptors (Lipinski definition) is 2. The van der Waals surface area contributed by atoms with Crippen molar-refractivity contribution in [3.63, 3.8) is 0 Å². The van der Waals surface area contributed by atoms with Crippen molar-refractivity contribution >= 4 is 6.09 Å². The van der Waals surface area contributed by atoms with E-state index in [-0.39, 0.29) is 12.4 Å². The molecule has 0 unspecified atom stereocenters. The number of ether oxygens (including phenoxy) is 1. The summed E-state index contributed by atoms with van der Waals surface area (Å²) in [5, 5.41) is 2.61. The molecule has 0 spiro atoms. The predicted octanol–water partition coefficient (Wildman–Crippen LogP) is 3.49. The Hall–Kier alpha value is -2.80. The summed E-state index contributed by atoms with van der Waals surface area (Å²) in [4.78, 5) is 11.5. The highest BCUT2D eigenvalue weighted by Gasteiger charge is 2.00. The zero-order valence-corrected chi connectivity index (χ0v) is 12.0. The van der Waals surface area contributed by atoms with Crippen LogP contribution in [0, 0.1) is 17.7 Å². The van der Waals surface area contributed by atoms with Gasteiger partial charge in [-0.2, -0.15) is 0 Å². The van der Waals surface area contributed by atoms with Gasteiger partial charge in [0, 0.05) is 18.5 Å². The minimum Gasteiger partial charge on any atom is -0.445 e. The molecule has 112 valence electrons. The molecule has 1 N–H and O–H groups in total. The lowest BCUT2D eigenvalue weighted by atomic mass is 10.2. The van der Waals surface area contributed by atoms with Crippen molar-refractivity contribution in [1.82, 2.24) is 5.32 Å². The molecular formula is C18H16FNO2. The first kappa shape index (κ1) is 15.6. The van der Waals surface area contributed by atoms with Gasteiger partial charge in [0.25, 0.3) is 0 Å². The Morgan fingerprint density at radius 3 is 2.73 bits per heavy atom. The molecule has 2 aromatic carbocycles. The van der Waals surface area contributed by atoms with Gasteiger partial charge in [-0.05, 0) is 23.8 Å². The standard InChI is InChI=1S/C18H16FNO2/c19-17-11-6-10-15(13-17)7-4-5-12-20-18(21)22-14-16-8-2-1-3-9-16/h1-3,6,8-11,13H,5,12,14H2,(H,20,21). The van der Waals surface area contributed by atoms with Crippen LogP contribution in [-0.4, -0.2) is 12.6 Å². The fourth-order valence-electron chi connectivity index (χ4n) is 1.73. The van der Waals surface area contributed by atoms with Crippen LogP contribution < -0.4 is 5.32 Å². The first-order valence-electron chi connectivity index (χ1n) is 6.93. The molecule has 0 aliphatic heterocycles. The van der Waals surface area contributed by atoms with Crippen LogP contribution in [-0.2, 0) is 11.3 Å². The molecule has 0 fully saturated rings. The fourth-order valence-corrected chi connectivity index (χ4v) is 1.73. The third kappa shape index (κ3) is 5.68. The molecule has 0 aliphatic carbocycles. The number of hydrogen-bond donors (Lipinski definition) is 1. The van der Waals surface area contributed by atoms with Crippen LogP contribution in [0.1, 0.15) is 17.5 Å². The highest BCUT2D eigenvalue weighted by molar-refractivity contribution is 5.67. The molecule has 22 heavy (non-hydrogen) atoms. The van der Waals surface area contributed by atoms with E-state index in [1.807, 2.05) is 30.3 Å². The Kier molecular flexibility index (Phi) is 6.01. The minimum absolute atomic E-state index is 0.238. The van der Waals surface area contributed by atoms with Crippen LogP contribution in [0.5, 0.6) is 0 Å².